The van der Waals surface area contributed by atoms with Crippen LogP contribution in [-0.4, -0.2) is 54.0 Å². The minimum atomic E-state index is -0.752. The Morgan fingerprint density at radius 2 is 1.91 bits per heavy atom. The van der Waals surface area contributed by atoms with Gasteiger partial charge in [-0.05, 0) is 53.5 Å². The maximum atomic E-state index is 13.1. The van der Waals surface area contributed by atoms with Crippen molar-refractivity contribution in [3.05, 3.63) is 65.2 Å². The molecule has 0 saturated carbocycles. The lowest BCUT2D eigenvalue weighted by Gasteiger charge is -2.37. The van der Waals surface area contributed by atoms with Crippen molar-refractivity contribution in [3.8, 4) is 0 Å². The van der Waals surface area contributed by atoms with Gasteiger partial charge in [0.1, 0.15) is 0 Å². The number of carboxylic acid groups (broad SMARTS) is 1. The number of anilines is 1. The van der Waals surface area contributed by atoms with Gasteiger partial charge in [-0.3, -0.25) is 14.6 Å². The summed E-state index contributed by atoms with van der Waals surface area (Å²) in [5.41, 5.74) is 4.32. The van der Waals surface area contributed by atoms with Crippen LogP contribution < -0.4 is 10.6 Å². The molecule has 1 amide bonds. The molecule has 5 rings (SSSR count). The first kappa shape index (κ1) is 21.5. The average Bonchev–Trinajstić information content (AvgIpc) is 3.13. The Labute approximate surface area is 193 Å². The largest absolute Gasteiger partial charge is 0.481 e. The third-order valence-electron chi connectivity index (χ3n) is 7.19. The molecule has 33 heavy (non-hydrogen) atoms. The van der Waals surface area contributed by atoms with Gasteiger partial charge in [-0.1, -0.05) is 36.4 Å². The first-order valence-corrected chi connectivity index (χ1v) is 11.8. The predicted molar refractivity (Wildman–Crippen MR) is 128 cm³/mol. The second-order valence-corrected chi connectivity index (χ2v) is 9.24. The number of amides is 1. The van der Waals surface area contributed by atoms with Gasteiger partial charge >= 0.3 is 5.97 Å². The van der Waals surface area contributed by atoms with E-state index in [2.05, 4.69) is 27.8 Å². The number of hydrogen-bond donors (Lipinski definition) is 3. The number of rotatable bonds is 5. The summed E-state index contributed by atoms with van der Waals surface area (Å²) in [6.07, 6.45) is 2.43. The molecule has 1 aliphatic carbocycles. The van der Waals surface area contributed by atoms with Crippen molar-refractivity contribution >= 4 is 23.5 Å². The molecule has 2 aromatic carbocycles. The van der Waals surface area contributed by atoms with Gasteiger partial charge in [0, 0.05) is 37.8 Å². The highest BCUT2D eigenvalue weighted by molar-refractivity contribution is 5.94. The molecule has 3 aliphatic rings. The molecule has 2 heterocycles. The van der Waals surface area contributed by atoms with Crippen molar-refractivity contribution in [2.45, 2.75) is 37.5 Å². The third kappa shape index (κ3) is 4.58. The highest BCUT2D eigenvalue weighted by Gasteiger charge is 2.44. The lowest BCUT2D eigenvalue weighted by molar-refractivity contribution is -0.138. The monoisotopic (exact) mass is 446 g/mol. The number of aliphatic carboxylic acids is 1. The topological polar surface area (TPSA) is 94.0 Å². The van der Waals surface area contributed by atoms with Crippen LogP contribution in [0.5, 0.6) is 0 Å². The van der Waals surface area contributed by atoms with Gasteiger partial charge in [0.2, 0.25) is 5.91 Å². The Hall–Kier alpha value is -3.35. The van der Waals surface area contributed by atoms with Crippen LogP contribution in [0.4, 0.5) is 5.69 Å². The van der Waals surface area contributed by atoms with E-state index in [1.807, 2.05) is 41.3 Å². The molecule has 2 aliphatic heterocycles. The number of hydrogen-bond acceptors (Lipinski definition) is 5. The van der Waals surface area contributed by atoms with E-state index in [1.54, 1.807) is 0 Å². The minimum absolute atomic E-state index is 0.0456. The highest BCUT2D eigenvalue weighted by Crippen LogP contribution is 2.51. The van der Waals surface area contributed by atoms with E-state index in [0.29, 0.717) is 25.4 Å². The number of benzene rings is 2. The van der Waals surface area contributed by atoms with Crippen LogP contribution in [0.1, 0.15) is 47.8 Å². The second kappa shape index (κ2) is 9.25. The van der Waals surface area contributed by atoms with Crippen molar-refractivity contribution in [3.63, 3.8) is 0 Å². The summed E-state index contributed by atoms with van der Waals surface area (Å²) in [5, 5.41) is 15.9. The van der Waals surface area contributed by atoms with Gasteiger partial charge in [-0.25, -0.2) is 0 Å². The van der Waals surface area contributed by atoms with Gasteiger partial charge in [0.05, 0.1) is 12.8 Å². The van der Waals surface area contributed by atoms with Gasteiger partial charge < -0.3 is 20.6 Å². The summed E-state index contributed by atoms with van der Waals surface area (Å²) in [6, 6.07) is 16.1. The lowest BCUT2D eigenvalue weighted by atomic mass is 9.80. The number of aliphatic imine (C=N–C) groups is 1. The van der Waals surface area contributed by atoms with Crippen LogP contribution in [-0.2, 0) is 16.0 Å². The minimum Gasteiger partial charge on any atom is -0.481 e. The summed E-state index contributed by atoms with van der Waals surface area (Å²) < 4.78 is 0. The van der Waals surface area contributed by atoms with Gasteiger partial charge in [-0.15, -0.1) is 0 Å². The fourth-order valence-corrected chi connectivity index (χ4v) is 5.62. The number of nitrogens with zero attached hydrogens (tertiary/aromatic N) is 2. The van der Waals surface area contributed by atoms with E-state index in [-0.39, 0.29) is 24.2 Å². The maximum Gasteiger partial charge on any atom is 0.303 e. The normalized spacial score (nSPS) is 23.7. The zero-order valence-electron chi connectivity index (χ0n) is 18.7. The molecule has 1 saturated heterocycles. The number of nitrogens with one attached hydrogen (secondary N) is 2. The molecule has 7 nitrogen and oxygen atoms in total. The molecule has 2 aromatic rings. The van der Waals surface area contributed by atoms with E-state index in [4.69, 9.17) is 0 Å². The Kier molecular flexibility index (Phi) is 6.03. The molecule has 0 radical (unpaired) electrons. The third-order valence-corrected chi connectivity index (χ3v) is 7.19. The number of carbonyl (C=O) groups is 2. The van der Waals surface area contributed by atoms with Crippen LogP contribution in [0.3, 0.4) is 0 Å². The van der Waals surface area contributed by atoms with Crippen LogP contribution >= 0.6 is 0 Å². The van der Waals surface area contributed by atoms with Crippen molar-refractivity contribution in [1.29, 1.82) is 0 Å². The van der Waals surface area contributed by atoms with E-state index in [1.165, 1.54) is 5.56 Å². The molecule has 0 aromatic heterocycles. The summed E-state index contributed by atoms with van der Waals surface area (Å²) in [5.74, 6) is 0.739. The Morgan fingerprint density at radius 1 is 1.12 bits per heavy atom. The SMILES string of the molecule is O=C(O)C[C@@H]1c2ccccc2[C@@H]2CN(C(=O)Cc3ccc(NC4=NCCCN4)cc3)CC[C@H]12. The average molecular weight is 447 g/mol. The molecule has 1 fully saturated rings. The molecule has 0 bridgehead atoms. The summed E-state index contributed by atoms with van der Waals surface area (Å²) in [7, 11) is 0. The summed E-state index contributed by atoms with van der Waals surface area (Å²) in [6.45, 7) is 3.12. The van der Waals surface area contributed by atoms with Crippen molar-refractivity contribution in [2.75, 3.05) is 31.5 Å². The highest BCUT2D eigenvalue weighted by atomic mass is 16.4. The standard InChI is InChI=1S/C26H30N4O3/c31-24(14-17-6-8-18(9-7-17)29-26-27-11-3-12-28-26)30-13-10-21-22(15-25(32)33)19-4-1-2-5-20(19)23(21)16-30/h1-2,4-9,21-23H,3,10-16H2,(H,32,33)(H2,27,28,29)/t21-,22-,23+/m1/s1. The Bertz CT molecular complexity index is 1070. The zero-order valence-corrected chi connectivity index (χ0v) is 18.7. The van der Waals surface area contributed by atoms with Gasteiger partial charge in [-0.2, -0.15) is 0 Å². The number of carboxylic acids is 1. The molecule has 172 valence electrons. The van der Waals surface area contributed by atoms with E-state index in [9.17, 15) is 14.7 Å². The Morgan fingerprint density at radius 3 is 2.64 bits per heavy atom. The smallest absolute Gasteiger partial charge is 0.303 e. The van der Waals surface area contributed by atoms with Crippen LogP contribution in [0, 0.1) is 5.92 Å². The second-order valence-electron chi connectivity index (χ2n) is 9.24. The molecule has 3 N–H and O–H groups in total. The maximum absolute atomic E-state index is 13.1. The van der Waals surface area contributed by atoms with Crippen LogP contribution in [0.15, 0.2) is 53.5 Å². The number of likely N-dealkylation sites (tertiary alicyclic amines) is 1. The zero-order chi connectivity index (χ0) is 22.8. The van der Waals surface area contributed by atoms with Crippen molar-refractivity contribution < 1.29 is 14.7 Å². The molecule has 7 heteroatoms. The number of carbonyl (C=O) groups excluding carboxylic acids is 1. The first-order valence-electron chi connectivity index (χ1n) is 11.8. The number of piperidine rings is 1. The fourth-order valence-electron chi connectivity index (χ4n) is 5.62. The summed E-state index contributed by atoms with van der Waals surface area (Å²) in [4.78, 5) is 31.0. The van der Waals surface area contributed by atoms with Gasteiger partial charge in [0.15, 0.2) is 5.96 Å². The molecular formula is C26H30N4O3. The Balaban J connectivity index is 1.23. The summed E-state index contributed by atoms with van der Waals surface area (Å²) >= 11 is 0. The number of guanidine groups is 1. The van der Waals surface area contributed by atoms with Gasteiger partial charge in [0.25, 0.3) is 0 Å². The fraction of sp³-hybridized carbons (Fsp3) is 0.423. The van der Waals surface area contributed by atoms with E-state index < -0.39 is 5.97 Å². The molecular weight excluding hydrogens is 416 g/mol. The molecule has 3 atom stereocenters. The van der Waals surface area contributed by atoms with E-state index >= 15 is 0 Å². The number of fused-ring (bicyclic) bond motifs is 3. The first-order chi connectivity index (χ1) is 16.1. The molecule has 0 spiro atoms. The quantitative estimate of drug-likeness (QED) is 0.656. The van der Waals surface area contributed by atoms with E-state index in [0.717, 1.165) is 48.7 Å². The lowest BCUT2D eigenvalue weighted by Crippen LogP contribution is -2.43. The molecule has 0 unspecified atom stereocenters. The van der Waals surface area contributed by atoms with Crippen molar-refractivity contribution in [1.82, 2.24) is 10.2 Å². The van der Waals surface area contributed by atoms with Crippen LogP contribution in [0.25, 0.3) is 0 Å². The van der Waals surface area contributed by atoms with Crippen molar-refractivity contribution in [2.24, 2.45) is 10.9 Å². The predicted octanol–water partition coefficient (Wildman–Crippen LogP) is 3.19. The van der Waals surface area contributed by atoms with Crippen LogP contribution in [0.2, 0.25) is 0 Å².